The molecule has 1 atom stereocenters. The largest absolute Gasteiger partial charge is 0.491 e. The van der Waals surface area contributed by atoms with Gasteiger partial charge >= 0.3 is 0 Å². The third-order valence-corrected chi connectivity index (χ3v) is 3.61. The van der Waals surface area contributed by atoms with Crippen LogP contribution in [0.25, 0.3) is 0 Å². The van der Waals surface area contributed by atoms with Gasteiger partial charge in [0.1, 0.15) is 12.4 Å². The maximum absolute atomic E-state index is 8.61. The van der Waals surface area contributed by atoms with Crippen LogP contribution in [0.15, 0.2) is 18.2 Å². The lowest BCUT2D eigenvalue weighted by Crippen LogP contribution is -2.24. The van der Waals surface area contributed by atoms with Crippen molar-refractivity contribution in [2.24, 2.45) is 0 Å². The molecule has 112 valence electrons. The molecule has 2 N–H and O–H groups in total. The molecule has 2 rings (SSSR count). The van der Waals surface area contributed by atoms with Crippen LogP contribution in [0.3, 0.4) is 0 Å². The van der Waals surface area contributed by atoms with Crippen LogP contribution in [0.5, 0.6) is 5.75 Å². The van der Waals surface area contributed by atoms with Crippen molar-refractivity contribution < 1.29 is 14.6 Å². The Kier molecular flexibility index (Phi) is 6.30. The zero-order valence-corrected chi connectivity index (χ0v) is 12.2. The average molecular weight is 279 g/mol. The van der Waals surface area contributed by atoms with Crippen LogP contribution in [0.4, 0.5) is 0 Å². The second-order valence-corrected chi connectivity index (χ2v) is 5.05. The summed E-state index contributed by atoms with van der Waals surface area (Å²) in [7, 11) is 0. The SMILES string of the molecule is CCNC1CCCc2cc(OCCOCCO)ccc21. The number of nitrogens with one attached hydrogen (secondary N) is 1. The molecular formula is C16H25NO3. The molecule has 0 radical (unpaired) electrons. The van der Waals surface area contributed by atoms with E-state index in [2.05, 4.69) is 24.4 Å². The molecule has 0 aromatic heterocycles. The van der Waals surface area contributed by atoms with Gasteiger partial charge in [-0.2, -0.15) is 0 Å². The van der Waals surface area contributed by atoms with Crippen LogP contribution in [-0.4, -0.2) is 38.1 Å². The van der Waals surface area contributed by atoms with E-state index in [9.17, 15) is 0 Å². The number of ether oxygens (including phenoxy) is 2. The van der Waals surface area contributed by atoms with Crippen LogP contribution >= 0.6 is 0 Å². The number of aliphatic hydroxyl groups excluding tert-OH is 1. The molecule has 1 aromatic carbocycles. The maximum Gasteiger partial charge on any atom is 0.119 e. The quantitative estimate of drug-likeness (QED) is 0.715. The van der Waals surface area contributed by atoms with Crippen molar-refractivity contribution in [2.75, 3.05) is 33.0 Å². The summed E-state index contributed by atoms with van der Waals surface area (Å²) >= 11 is 0. The summed E-state index contributed by atoms with van der Waals surface area (Å²) in [4.78, 5) is 0. The normalized spacial score (nSPS) is 17.8. The molecule has 0 bridgehead atoms. The molecule has 0 spiro atoms. The average Bonchev–Trinajstić information content (AvgIpc) is 2.47. The second kappa shape index (κ2) is 8.25. The van der Waals surface area contributed by atoms with Gasteiger partial charge < -0.3 is 19.9 Å². The minimum atomic E-state index is 0.0602. The number of hydrogen-bond acceptors (Lipinski definition) is 4. The lowest BCUT2D eigenvalue weighted by Gasteiger charge is -2.26. The molecule has 0 amide bonds. The lowest BCUT2D eigenvalue weighted by molar-refractivity contribution is 0.0705. The minimum Gasteiger partial charge on any atom is -0.491 e. The van der Waals surface area contributed by atoms with Crippen molar-refractivity contribution in [3.8, 4) is 5.75 Å². The van der Waals surface area contributed by atoms with Gasteiger partial charge in [0.2, 0.25) is 0 Å². The predicted molar refractivity (Wildman–Crippen MR) is 79.2 cm³/mol. The topological polar surface area (TPSA) is 50.7 Å². The van der Waals surface area contributed by atoms with E-state index >= 15 is 0 Å². The Morgan fingerprint density at radius 2 is 2.20 bits per heavy atom. The van der Waals surface area contributed by atoms with E-state index in [0.717, 1.165) is 18.7 Å². The molecule has 0 saturated carbocycles. The standard InChI is InChI=1S/C16H25NO3/c1-2-17-16-5-3-4-13-12-14(6-7-15(13)16)20-11-10-19-9-8-18/h6-7,12,16-18H,2-5,8-11H2,1H3. The van der Waals surface area contributed by atoms with Crippen molar-refractivity contribution in [3.63, 3.8) is 0 Å². The number of aliphatic hydroxyl groups is 1. The Morgan fingerprint density at radius 3 is 3.00 bits per heavy atom. The molecule has 1 aliphatic rings. The first kappa shape index (κ1) is 15.3. The molecule has 0 heterocycles. The number of fused-ring (bicyclic) bond motifs is 1. The minimum absolute atomic E-state index is 0.0602. The van der Waals surface area contributed by atoms with E-state index < -0.39 is 0 Å². The highest BCUT2D eigenvalue weighted by Crippen LogP contribution is 2.32. The van der Waals surface area contributed by atoms with Gasteiger partial charge in [-0.25, -0.2) is 0 Å². The molecule has 1 aliphatic carbocycles. The molecule has 0 saturated heterocycles. The van der Waals surface area contributed by atoms with Gasteiger partial charge in [0.15, 0.2) is 0 Å². The molecule has 4 heteroatoms. The Hall–Kier alpha value is -1.10. The Bertz CT molecular complexity index is 409. The van der Waals surface area contributed by atoms with Crippen LogP contribution in [0, 0.1) is 0 Å². The van der Waals surface area contributed by atoms with Gasteiger partial charge in [-0.05, 0) is 49.1 Å². The molecule has 0 fully saturated rings. The fourth-order valence-corrected chi connectivity index (χ4v) is 2.72. The van der Waals surface area contributed by atoms with E-state index in [-0.39, 0.29) is 6.61 Å². The van der Waals surface area contributed by atoms with Crippen molar-refractivity contribution in [2.45, 2.75) is 32.2 Å². The van der Waals surface area contributed by atoms with E-state index in [1.807, 2.05) is 6.07 Å². The fraction of sp³-hybridized carbons (Fsp3) is 0.625. The molecule has 1 aromatic rings. The first-order chi connectivity index (χ1) is 9.85. The molecular weight excluding hydrogens is 254 g/mol. The van der Waals surface area contributed by atoms with Crippen molar-refractivity contribution in [1.82, 2.24) is 5.32 Å². The molecule has 4 nitrogen and oxygen atoms in total. The highest BCUT2D eigenvalue weighted by atomic mass is 16.5. The highest BCUT2D eigenvalue weighted by Gasteiger charge is 2.19. The maximum atomic E-state index is 8.61. The summed E-state index contributed by atoms with van der Waals surface area (Å²) in [6.07, 6.45) is 3.58. The first-order valence-corrected chi connectivity index (χ1v) is 7.52. The van der Waals surface area contributed by atoms with Gasteiger partial charge in [0.05, 0.1) is 19.8 Å². The predicted octanol–water partition coefficient (Wildman–Crippen LogP) is 2.06. The lowest BCUT2D eigenvalue weighted by atomic mass is 9.87. The second-order valence-electron chi connectivity index (χ2n) is 5.05. The van der Waals surface area contributed by atoms with Crippen LogP contribution in [-0.2, 0) is 11.2 Å². The van der Waals surface area contributed by atoms with E-state index in [0.29, 0.717) is 25.9 Å². The van der Waals surface area contributed by atoms with E-state index in [1.165, 1.54) is 24.0 Å². The van der Waals surface area contributed by atoms with Gasteiger partial charge in [0, 0.05) is 6.04 Å². The fourth-order valence-electron chi connectivity index (χ4n) is 2.72. The van der Waals surface area contributed by atoms with Crippen molar-refractivity contribution in [3.05, 3.63) is 29.3 Å². The molecule has 1 unspecified atom stereocenters. The number of hydrogen-bond donors (Lipinski definition) is 2. The third kappa shape index (κ3) is 4.20. The number of benzene rings is 1. The zero-order chi connectivity index (χ0) is 14.2. The van der Waals surface area contributed by atoms with Gasteiger partial charge in [0.25, 0.3) is 0 Å². The smallest absolute Gasteiger partial charge is 0.119 e. The van der Waals surface area contributed by atoms with Gasteiger partial charge in [-0.1, -0.05) is 13.0 Å². The summed E-state index contributed by atoms with van der Waals surface area (Å²) in [6.45, 7) is 4.62. The van der Waals surface area contributed by atoms with Gasteiger partial charge in [-0.15, -0.1) is 0 Å². The summed E-state index contributed by atoms with van der Waals surface area (Å²) in [6, 6.07) is 6.88. The Labute approximate surface area is 121 Å². The summed E-state index contributed by atoms with van der Waals surface area (Å²) in [5.74, 6) is 0.911. The van der Waals surface area contributed by atoms with Gasteiger partial charge in [-0.3, -0.25) is 0 Å². The monoisotopic (exact) mass is 279 g/mol. The number of rotatable bonds is 8. The molecule has 20 heavy (non-hydrogen) atoms. The zero-order valence-electron chi connectivity index (χ0n) is 12.2. The molecule has 0 aliphatic heterocycles. The van der Waals surface area contributed by atoms with Crippen LogP contribution in [0.2, 0.25) is 0 Å². The number of aryl methyl sites for hydroxylation is 1. The van der Waals surface area contributed by atoms with E-state index in [4.69, 9.17) is 14.6 Å². The summed E-state index contributed by atoms with van der Waals surface area (Å²) in [5.41, 5.74) is 2.82. The van der Waals surface area contributed by atoms with Crippen LogP contribution < -0.4 is 10.1 Å². The van der Waals surface area contributed by atoms with Crippen molar-refractivity contribution in [1.29, 1.82) is 0 Å². The van der Waals surface area contributed by atoms with Crippen molar-refractivity contribution >= 4 is 0 Å². The first-order valence-electron chi connectivity index (χ1n) is 7.52. The summed E-state index contributed by atoms with van der Waals surface area (Å²) < 4.78 is 10.9. The summed E-state index contributed by atoms with van der Waals surface area (Å²) in [5, 5.41) is 12.2. The van der Waals surface area contributed by atoms with E-state index in [1.54, 1.807) is 0 Å². The highest BCUT2D eigenvalue weighted by molar-refractivity contribution is 5.39. The van der Waals surface area contributed by atoms with Crippen LogP contribution in [0.1, 0.15) is 36.9 Å². The third-order valence-electron chi connectivity index (χ3n) is 3.61. The Morgan fingerprint density at radius 1 is 1.30 bits per heavy atom. The Balaban J connectivity index is 1.90.